The molecule has 0 aliphatic heterocycles. The van der Waals surface area contributed by atoms with Crippen molar-refractivity contribution in [2.24, 2.45) is 0 Å². The Morgan fingerprint density at radius 3 is 2.67 bits per heavy atom. The van der Waals surface area contributed by atoms with Crippen molar-refractivity contribution < 1.29 is 4.74 Å². The first-order valence-electron chi connectivity index (χ1n) is 4.19. The third-order valence-corrected chi connectivity index (χ3v) is 3.49. The summed E-state index contributed by atoms with van der Waals surface area (Å²) in [4.78, 5) is 0. The van der Waals surface area contributed by atoms with Crippen LogP contribution in [0.15, 0.2) is 30.3 Å². The molecule has 0 aliphatic carbocycles. The molecule has 0 radical (unpaired) electrons. The van der Waals surface area contributed by atoms with E-state index in [1.807, 2.05) is 6.92 Å². The van der Waals surface area contributed by atoms with E-state index in [4.69, 9.17) is 4.74 Å². The molecular formula is C10H14OSe. The summed E-state index contributed by atoms with van der Waals surface area (Å²) in [5.74, 6) is 0. The summed E-state index contributed by atoms with van der Waals surface area (Å²) in [6.07, 6.45) is 0. The van der Waals surface area contributed by atoms with Gasteiger partial charge in [0.05, 0.1) is 0 Å². The molecule has 0 amide bonds. The minimum atomic E-state index is 0.594. The van der Waals surface area contributed by atoms with Crippen LogP contribution >= 0.6 is 0 Å². The molecule has 0 aromatic heterocycles. The molecule has 12 heavy (non-hydrogen) atoms. The van der Waals surface area contributed by atoms with Gasteiger partial charge in [0.25, 0.3) is 0 Å². The normalized spacial score (nSPS) is 10.1. The fourth-order valence-corrected chi connectivity index (χ4v) is 2.53. The van der Waals surface area contributed by atoms with Gasteiger partial charge in [-0.15, -0.1) is 0 Å². The maximum absolute atomic E-state index is 5.27. The number of hydrogen-bond acceptors (Lipinski definition) is 1. The van der Waals surface area contributed by atoms with E-state index in [0.717, 1.165) is 13.2 Å². The summed E-state index contributed by atoms with van der Waals surface area (Å²) in [6, 6.07) is 10.6. The minimum absolute atomic E-state index is 0.594. The summed E-state index contributed by atoms with van der Waals surface area (Å²) >= 11 is 0.594. The van der Waals surface area contributed by atoms with E-state index in [9.17, 15) is 0 Å². The van der Waals surface area contributed by atoms with Gasteiger partial charge in [-0.25, -0.2) is 0 Å². The van der Waals surface area contributed by atoms with E-state index in [2.05, 4.69) is 30.3 Å². The van der Waals surface area contributed by atoms with Crippen LogP contribution in [0.5, 0.6) is 0 Å². The summed E-state index contributed by atoms with van der Waals surface area (Å²) in [5, 5.41) is 1.19. The fourth-order valence-electron chi connectivity index (χ4n) is 0.880. The maximum atomic E-state index is 5.27. The topological polar surface area (TPSA) is 9.23 Å². The van der Waals surface area contributed by atoms with Gasteiger partial charge in [0.1, 0.15) is 0 Å². The van der Waals surface area contributed by atoms with Crippen molar-refractivity contribution in [3.8, 4) is 0 Å². The van der Waals surface area contributed by atoms with Gasteiger partial charge in [-0.2, -0.15) is 0 Å². The summed E-state index contributed by atoms with van der Waals surface area (Å²) in [6.45, 7) is 3.78. The Morgan fingerprint density at radius 2 is 2.00 bits per heavy atom. The monoisotopic (exact) mass is 230 g/mol. The van der Waals surface area contributed by atoms with Gasteiger partial charge >= 0.3 is 79.9 Å². The van der Waals surface area contributed by atoms with Crippen LogP contribution in [0.4, 0.5) is 0 Å². The molecule has 0 N–H and O–H groups in total. The van der Waals surface area contributed by atoms with E-state index in [0.29, 0.717) is 15.0 Å². The molecule has 0 aliphatic rings. The van der Waals surface area contributed by atoms with Gasteiger partial charge in [-0.3, -0.25) is 0 Å². The number of rotatable bonds is 5. The molecule has 0 heterocycles. The van der Waals surface area contributed by atoms with E-state index in [1.54, 1.807) is 0 Å². The van der Waals surface area contributed by atoms with Crippen molar-refractivity contribution >= 4 is 19.4 Å². The van der Waals surface area contributed by atoms with Crippen LogP contribution in [0.3, 0.4) is 0 Å². The van der Waals surface area contributed by atoms with Crippen LogP contribution in [0.2, 0.25) is 5.32 Å². The summed E-state index contributed by atoms with van der Waals surface area (Å²) < 4.78 is 6.73. The van der Waals surface area contributed by atoms with Crippen molar-refractivity contribution in [2.45, 2.75) is 12.2 Å². The molecule has 0 fully saturated rings. The second-order valence-electron chi connectivity index (χ2n) is 2.36. The molecular weight excluding hydrogens is 215 g/mol. The van der Waals surface area contributed by atoms with Crippen LogP contribution in [-0.4, -0.2) is 28.2 Å². The molecule has 0 bridgehead atoms. The van der Waals surface area contributed by atoms with E-state index in [-0.39, 0.29) is 0 Å². The Kier molecular flexibility index (Phi) is 5.09. The zero-order valence-electron chi connectivity index (χ0n) is 7.32. The first-order chi connectivity index (χ1) is 5.93. The van der Waals surface area contributed by atoms with E-state index < -0.39 is 0 Å². The van der Waals surface area contributed by atoms with Gasteiger partial charge in [-0.1, -0.05) is 0 Å². The van der Waals surface area contributed by atoms with Crippen molar-refractivity contribution in [3.63, 3.8) is 0 Å². The number of hydrogen-bond donors (Lipinski definition) is 0. The molecule has 1 nitrogen and oxygen atoms in total. The molecule has 66 valence electrons. The molecule has 0 atom stereocenters. The molecule has 0 unspecified atom stereocenters. The van der Waals surface area contributed by atoms with E-state index in [1.165, 1.54) is 9.78 Å². The molecule has 0 saturated heterocycles. The Hall–Kier alpha value is -0.301. The molecule has 1 aromatic rings. The zero-order chi connectivity index (χ0) is 8.65. The number of benzene rings is 1. The quantitative estimate of drug-likeness (QED) is 0.548. The third-order valence-electron chi connectivity index (χ3n) is 1.44. The molecule has 0 spiro atoms. The summed E-state index contributed by atoms with van der Waals surface area (Å²) in [5.41, 5.74) is 0. The zero-order valence-corrected chi connectivity index (χ0v) is 9.04. The fraction of sp³-hybridized carbons (Fsp3) is 0.400. The number of ether oxygens (including phenoxy) is 1. The molecule has 2 heteroatoms. The van der Waals surface area contributed by atoms with Gasteiger partial charge in [-0.05, 0) is 0 Å². The standard InChI is InChI=1S/C10H14OSe/c1-2-11-8-9-12-10-6-4-3-5-7-10/h3-7H,2,8-9H2,1H3. The van der Waals surface area contributed by atoms with Gasteiger partial charge < -0.3 is 0 Å². The first kappa shape index (κ1) is 9.78. The average molecular weight is 229 g/mol. The van der Waals surface area contributed by atoms with E-state index >= 15 is 0 Å². The average Bonchev–Trinajstić information content (AvgIpc) is 2.14. The Morgan fingerprint density at radius 1 is 1.25 bits per heavy atom. The van der Waals surface area contributed by atoms with Crippen molar-refractivity contribution in [3.05, 3.63) is 30.3 Å². The summed E-state index contributed by atoms with van der Waals surface area (Å²) in [7, 11) is 0. The van der Waals surface area contributed by atoms with Crippen LogP contribution in [0.1, 0.15) is 6.92 Å². The Balaban J connectivity index is 2.16. The molecule has 0 saturated carbocycles. The van der Waals surface area contributed by atoms with Gasteiger partial charge in [0.2, 0.25) is 0 Å². The van der Waals surface area contributed by atoms with Gasteiger partial charge in [0.15, 0.2) is 0 Å². The van der Waals surface area contributed by atoms with Crippen molar-refractivity contribution in [1.29, 1.82) is 0 Å². The Bertz CT molecular complexity index is 198. The molecule has 1 aromatic carbocycles. The van der Waals surface area contributed by atoms with Crippen molar-refractivity contribution in [1.82, 2.24) is 0 Å². The molecule has 1 rings (SSSR count). The Labute approximate surface area is 80.3 Å². The van der Waals surface area contributed by atoms with Crippen LogP contribution in [0.25, 0.3) is 0 Å². The van der Waals surface area contributed by atoms with Gasteiger partial charge in [0, 0.05) is 0 Å². The van der Waals surface area contributed by atoms with Crippen molar-refractivity contribution in [2.75, 3.05) is 13.2 Å². The SMILES string of the molecule is CCOCC[Se]c1ccccc1. The second-order valence-corrected chi connectivity index (χ2v) is 4.81. The predicted octanol–water partition coefficient (Wildman–Crippen LogP) is 1.47. The second kappa shape index (κ2) is 6.24. The van der Waals surface area contributed by atoms with Crippen LogP contribution in [-0.2, 0) is 4.74 Å². The predicted molar refractivity (Wildman–Crippen MR) is 53.1 cm³/mol. The third kappa shape index (κ3) is 3.91. The van der Waals surface area contributed by atoms with Crippen LogP contribution in [0, 0.1) is 0 Å². The van der Waals surface area contributed by atoms with Crippen LogP contribution < -0.4 is 4.46 Å². The first-order valence-corrected chi connectivity index (χ1v) is 6.26.